The van der Waals surface area contributed by atoms with Crippen LogP contribution in [0.3, 0.4) is 0 Å². The van der Waals surface area contributed by atoms with Crippen molar-refractivity contribution in [3.8, 4) is 33.4 Å². The van der Waals surface area contributed by atoms with Crippen molar-refractivity contribution < 1.29 is 4.42 Å². The molecule has 2 heterocycles. The van der Waals surface area contributed by atoms with Crippen LogP contribution in [-0.4, -0.2) is 0 Å². The van der Waals surface area contributed by atoms with E-state index in [1.54, 1.807) is 0 Å². The van der Waals surface area contributed by atoms with Crippen molar-refractivity contribution >= 4 is 81.3 Å². The Morgan fingerprint density at radius 2 is 0.964 bits per heavy atom. The van der Waals surface area contributed by atoms with Crippen LogP contribution in [0.25, 0.3) is 86.3 Å². The topological polar surface area (TPSA) is 16.4 Å². The number of benzene rings is 9. The van der Waals surface area contributed by atoms with Gasteiger partial charge in [-0.1, -0.05) is 164 Å². The summed E-state index contributed by atoms with van der Waals surface area (Å²) in [5, 5.41) is 7.17. The Balaban J connectivity index is 1.19. The molecule has 0 saturated carbocycles. The van der Waals surface area contributed by atoms with E-state index >= 15 is 0 Å². The second-order valence-corrected chi connectivity index (χ2v) is 15.1. The highest BCUT2D eigenvalue weighted by Gasteiger charge is 2.26. The number of para-hydroxylation sites is 1. The van der Waals surface area contributed by atoms with Crippen LogP contribution in [0, 0.1) is 0 Å². The third-order valence-electron chi connectivity index (χ3n) is 10.9. The lowest BCUT2D eigenvalue weighted by Crippen LogP contribution is -2.12. The van der Waals surface area contributed by atoms with Crippen LogP contribution in [-0.2, 0) is 0 Å². The van der Waals surface area contributed by atoms with E-state index in [1.165, 1.54) is 47.8 Å². The molecule has 0 N–H and O–H groups in total. The lowest BCUT2D eigenvalue weighted by Gasteiger charge is -2.30. The second-order valence-electron chi connectivity index (χ2n) is 14.0. The van der Waals surface area contributed by atoms with E-state index < -0.39 is 0 Å². The van der Waals surface area contributed by atoms with Gasteiger partial charge in [0, 0.05) is 47.6 Å². The van der Waals surface area contributed by atoms with Gasteiger partial charge in [-0.2, -0.15) is 0 Å². The molecular weight excluding hydrogens is 687 g/mol. The van der Waals surface area contributed by atoms with Gasteiger partial charge in [0.15, 0.2) is 5.58 Å². The van der Waals surface area contributed by atoms with Crippen molar-refractivity contribution in [2.75, 3.05) is 4.90 Å². The first-order valence-electron chi connectivity index (χ1n) is 18.7. The fraction of sp³-hybridized carbons (Fsp3) is 0. The van der Waals surface area contributed by atoms with Gasteiger partial charge in [-0.15, -0.1) is 11.3 Å². The average Bonchev–Trinajstić information content (AvgIpc) is 3.84. The molecule has 0 fully saturated rings. The van der Waals surface area contributed by atoms with E-state index in [4.69, 9.17) is 4.42 Å². The van der Waals surface area contributed by atoms with Gasteiger partial charge in [0.1, 0.15) is 5.58 Å². The maximum atomic E-state index is 6.90. The molecule has 55 heavy (non-hydrogen) atoms. The SMILES string of the molecule is c1ccc(-c2ccc3c(oc4ccccc43)c2N(c2ccc(-c3cccc4c3sc3ccccc34)cc2)c2ccc(-c3ccccc3)c3ccccc23)cc1. The van der Waals surface area contributed by atoms with Gasteiger partial charge < -0.3 is 9.32 Å². The lowest BCUT2D eigenvalue weighted by atomic mass is 9.95. The molecule has 0 bridgehead atoms. The van der Waals surface area contributed by atoms with Crippen molar-refractivity contribution in [3.63, 3.8) is 0 Å². The van der Waals surface area contributed by atoms with Gasteiger partial charge in [0.2, 0.25) is 0 Å². The predicted octanol–water partition coefficient (Wildman–Crippen LogP) is 15.6. The quantitative estimate of drug-likeness (QED) is 0.170. The fourth-order valence-corrected chi connectivity index (χ4v) is 9.59. The summed E-state index contributed by atoms with van der Waals surface area (Å²) in [7, 11) is 0. The monoisotopic (exact) mass is 719 g/mol. The number of hydrogen-bond donors (Lipinski definition) is 0. The molecule has 3 heteroatoms. The van der Waals surface area contributed by atoms with Crippen LogP contribution in [0.5, 0.6) is 0 Å². The van der Waals surface area contributed by atoms with Crippen molar-refractivity contribution in [1.29, 1.82) is 0 Å². The van der Waals surface area contributed by atoms with Gasteiger partial charge in [0.25, 0.3) is 0 Å². The van der Waals surface area contributed by atoms with Crippen LogP contribution < -0.4 is 4.90 Å². The minimum atomic E-state index is 0.859. The summed E-state index contributed by atoms with van der Waals surface area (Å²) in [6.07, 6.45) is 0. The van der Waals surface area contributed by atoms with E-state index in [0.717, 1.165) is 55.5 Å². The van der Waals surface area contributed by atoms with Crippen LogP contribution in [0.4, 0.5) is 17.1 Å². The Kier molecular flexibility index (Phi) is 7.39. The molecule has 0 aliphatic heterocycles. The summed E-state index contributed by atoms with van der Waals surface area (Å²) >= 11 is 1.87. The number of hydrogen-bond acceptors (Lipinski definition) is 3. The lowest BCUT2D eigenvalue weighted by molar-refractivity contribution is 0.669. The molecule has 0 spiro atoms. The molecule has 0 aliphatic rings. The highest BCUT2D eigenvalue weighted by Crippen LogP contribution is 2.50. The zero-order valence-electron chi connectivity index (χ0n) is 29.8. The summed E-state index contributed by atoms with van der Waals surface area (Å²) in [4.78, 5) is 2.42. The van der Waals surface area contributed by atoms with Crippen molar-refractivity contribution in [3.05, 3.63) is 200 Å². The van der Waals surface area contributed by atoms with Gasteiger partial charge in [0.05, 0.1) is 11.4 Å². The molecule has 11 aromatic rings. The predicted molar refractivity (Wildman–Crippen MR) is 235 cm³/mol. The number of thiophene rings is 1. The standard InChI is InChI=1S/C52H33NOS/c1-3-14-34(15-4-1)38-32-33-47(42-19-8-7-18-41(38)42)53(37-28-26-36(27-29-37)40-22-13-23-46-44-21-10-12-25-49(44)55-52(40)46)50-39(35-16-5-2-6-17-35)30-31-45-43-20-9-11-24-48(43)54-51(45)50/h1-33H. The van der Waals surface area contributed by atoms with Crippen molar-refractivity contribution in [2.24, 2.45) is 0 Å². The Morgan fingerprint density at radius 1 is 0.364 bits per heavy atom. The smallest absolute Gasteiger partial charge is 0.160 e. The van der Waals surface area contributed by atoms with Gasteiger partial charge in [-0.05, 0) is 69.6 Å². The molecule has 2 aromatic heterocycles. The number of fused-ring (bicyclic) bond motifs is 7. The number of furan rings is 1. The Labute approximate surface area is 322 Å². The second kappa shape index (κ2) is 12.9. The van der Waals surface area contributed by atoms with Crippen LogP contribution in [0.15, 0.2) is 205 Å². The molecule has 9 aromatic carbocycles. The largest absolute Gasteiger partial charge is 0.454 e. The van der Waals surface area contributed by atoms with Gasteiger partial charge in [-0.3, -0.25) is 0 Å². The van der Waals surface area contributed by atoms with Crippen LogP contribution >= 0.6 is 11.3 Å². The molecule has 2 nitrogen and oxygen atoms in total. The van der Waals surface area contributed by atoms with Crippen molar-refractivity contribution in [1.82, 2.24) is 0 Å². The molecule has 0 radical (unpaired) electrons. The summed E-state index contributed by atoms with van der Waals surface area (Å²) < 4.78 is 9.53. The Morgan fingerprint density at radius 3 is 1.75 bits per heavy atom. The third kappa shape index (κ3) is 5.16. The molecule has 0 aliphatic carbocycles. The summed E-state index contributed by atoms with van der Waals surface area (Å²) in [6.45, 7) is 0. The highest BCUT2D eigenvalue weighted by molar-refractivity contribution is 7.26. The minimum Gasteiger partial charge on any atom is -0.454 e. The highest BCUT2D eigenvalue weighted by atomic mass is 32.1. The summed E-state index contributed by atoms with van der Waals surface area (Å²) in [5.41, 5.74) is 11.9. The van der Waals surface area contributed by atoms with Crippen LogP contribution in [0.2, 0.25) is 0 Å². The third-order valence-corrected chi connectivity index (χ3v) is 12.1. The fourth-order valence-electron chi connectivity index (χ4n) is 8.35. The molecule has 0 amide bonds. The van der Waals surface area contributed by atoms with E-state index in [9.17, 15) is 0 Å². The number of rotatable bonds is 6. The first-order valence-corrected chi connectivity index (χ1v) is 19.5. The average molecular weight is 720 g/mol. The molecule has 258 valence electrons. The molecule has 0 atom stereocenters. The van der Waals surface area contributed by atoms with E-state index in [0.29, 0.717) is 0 Å². The zero-order chi connectivity index (χ0) is 36.3. The maximum Gasteiger partial charge on any atom is 0.160 e. The molecule has 0 unspecified atom stereocenters. The first kappa shape index (κ1) is 31.6. The molecule has 11 rings (SSSR count). The Bertz CT molecular complexity index is 3190. The van der Waals surface area contributed by atoms with Crippen molar-refractivity contribution in [2.45, 2.75) is 0 Å². The number of anilines is 3. The normalized spacial score (nSPS) is 11.6. The minimum absolute atomic E-state index is 0.859. The Hall–Kier alpha value is -6.94. The first-order chi connectivity index (χ1) is 27.3. The maximum absolute atomic E-state index is 6.90. The van der Waals surface area contributed by atoms with Gasteiger partial charge >= 0.3 is 0 Å². The van der Waals surface area contributed by atoms with Gasteiger partial charge in [-0.25, -0.2) is 0 Å². The summed E-state index contributed by atoms with van der Waals surface area (Å²) in [5.74, 6) is 0. The molecule has 0 saturated heterocycles. The summed E-state index contributed by atoms with van der Waals surface area (Å²) in [6, 6.07) is 72.1. The number of nitrogens with zero attached hydrogens (tertiary/aromatic N) is 1. The van der Waals surface area contributed by atoms with E-state index in [-0.39, 0.29) is 0 Å². The molecular formula is C52H33NOS. The van der Waals surface area contributed by atoms with Crippen LogP contribution in [0.1, 0.15) is 0 Å². The van der Waals surface area contributed by atoms with E-state index in [1.807, 2.05) is 17.4 Å². The zero-order valence-corrected chi connectivity index (χ0v) is 30.6. The van der Waals surface area contributed by atoms with E-state index in [2.05, 4.69) is 199 Å².